The Morgan fingerprint density at radius 2 is 1.83 bits per heavy atom. The largest absolute Gasteiger partial charge is 0.496 e. The van der Waals surface area contributed by atoms with Gasteiger partial charge in [0.15, 0.2) is 5.69 Å². The fourth-order valence-corrected chi connectivity index (χ4v) is 4.04. The van der Waals surface area contributed by atoms with Crippen molar-refractivity contribution >= 4 is 23.2 Å². The zero-order valence-electron chi connectivity index (χ0n) is 16.8. The molecule has 0 aliphatic heterocycles. The number of rotatable bonds is 8. The number of carbonyl (C=O) groups is 2. The predicted molar refractivity (Wildman–Crippen MR) is 116 cm³/mol. The molecule has 0 fully saturated rings. The number of esters is 1. The van der Waals surface area contributed by atoms with Crippen molar-refractivity contribution in [3.8, 4) is 5.75 Å². The summed E-state index contributed by atoms with van der Waals surface area (Å²) < 4.78 is 10.3. The Labute approximate surface area is 179 Å². The second-order valence-corrected chi connectivity index (χ2v) is 7.21. The number of hydrogen-bond acceptors (Lipinski definition) is 6. The molecule has 1 amide bonds. The summed E-state index contributed by atoms with van der Waals surface area (Å²) in [4.78, 5) is 31.5. The van der Waals surface area contributed by atoms with E-state index in [2.05, 4.69) is 11.6 Å². The summed E-state index contributed by atoms with van der Waals surface area (Å²) >= 11 is 1.29. The molecule has 6 nitrogen and oxygen atoms in total. The molecule has 0 saturated carbocycles. The van der Waals surface area contributed by atoms with Crippen LogP contribution in [0.1, 0.15) is 37.5 Å². The zero-order valence-corrected chi connectivity index (χ0v) is 17.6. The molecule has 1 atom stereocenters. The third-order valence-corrected chi connectivity index (χ3v) is 5.40. The van der Waals surface area contributed by atoms with Crippen LogP contribution in [0, 0.1) is 0 Å². The van der Waals surface area contributed by atoms with Gasteiger partial charge >= 0.3 is 5.97 Å². The van der Waals surface area contributed by atoms with E-state index in [4.69, 9.17) is 9.47 Å². The Bertz CT molecular complexity index is 1030. The second kappa shape index (κ2) is 9.84. The summed E-state index contributed by atoms with van der Waals surface area (Å²) in [5.74, 6) is -0.0885. The molecule has 0 N–H and O–H groups in total. The predicted octanol–water partition coefficient (Wildman–Crippen LogP) is 4.36. The number of hydrogen-bond donors (Lipinski definition) is 0. The van der Waals surface area contributed by atoms with Crippen molar-refractivity contribution in [2.45, 2.75) is 6.04 Å². The van der Waals surface area contributed by atoms with Crippen molar-refractivity contribution in [1.29, 1.82) is 0 Å². The van der Waals surface area contributed by atoms with Gasteiger partial charge < -0.3 is 14.4 Å². The van der Waals surface area contributed by atoms with Crippen LogP contribution in [-0.4, -0.2) is 42.5 Å². The molecule has 0 radical (unpaired) electrons. The molecule has 7 heteroatoms. The van der Waals surface area contributed by atoms with Crippen molar-refractivity contribution in [2.24, 2.45) is 0 Å². The smallest absolute Gasteiger partial charge is 0.357 e. The Balaban J connectivity index is 2.15. The number of thiazole rings is 1. The van der Waals surface area contributed by atoms with Gasteiger partial charge in [-0.25, -0.2) is 9.78 Å². The maximum absolute atomic E-state index is 13.4. The molecule has 1 heterocycles. The molecule has 3 aromatic rings. The Hall–Kier alpha value is -3.45. The van der Waals surface area contributed by atoms with Gasteiger partial charge in [-0.15, -0.1) is 17.9 Å². The van der Waals surface area contributed by atoms with Crippen LogP contribution in [0.25, 0.3) is 0 Å². The minimum Gasteiger partial charge on any atom is -0.496 e. The number of amides is 1. The molecule has 0 bridgehead atoms. The summed E-state index contributed by atoms with van der Waals surface area (Å²) in [5, 5.41) is 2.20. The normalized spacial score (nSPS) is 11.4. The van der Waals surface area contributed by atoms with Crippen LogP contribution in [0.2, 0.25) is 0 Å². The first kappa shape index (κ1) is 21.3. The summed E-state index contributed by atoms with van der Waals surface area (Å²) in [7, 11) is 2.89. The van der Waals surface area contributed by atoms with Gasteiger partial charge in [-0.1, -0.05) is 42.5 Å². The summed E-state index contributed by atoms with van der Waals surface area (Å²) in [5.41, 5.74) is 1.50. The van der Waals surface area contributed by atoms with E-state index in [9.17, 15) is 9.59 Å². The summed E-state index contributed by atoms with van der Waals surface area (Å²) in [6.07, 6.45) is 1.66. The van der Waals surface area contributed by atoms with Crippen LogP contribution in [0.5, 0.6) is 5.75 Å². The van der Waals surface area contributed by atoms with Crippen LogP contribution in [0.4, 0.5) is 0 Å². The average Bonchev–Trinajstić information content (AvgIpc) is 3.28. The van der Waals surface area contributed by atoms with E-state index in [1.54, 1.807) is 35.6 Å². The molecule has 154 valence electrons. The van der Waals surface area contributed by atoms with Gasteiger partial charge in [0.25, 0.3) is 5.91 Å². The lowest BCUT2D eigenvalue weighted by Crippen LogP contribution is -2.36. The first-order chi connectivity index (χ1) is 14.6. The first-order valence-electron chi connectivity index (χ1n) is 9.24. The maximum atomic E-state index is 13.4. The van der Waals surface area contributed by atoms with Crippen LogP contribution in [-0.2, 0) is 4.74 Å². The molecule has 0 saturated heterocycles. The highest BCUT2D eigenvalue weighted by Gasteiger charge is 2.32. The second-order valence-electron chi connectivity index (χ2n) is 6.32. The summed E-state index contributed by atoms with van der Waals surface area (Å²) in [6, 6.07) is 15.9. The highest BCUT2D eigenvalue weighted by Crippen LogP contribution is 2.37. The molecule has 1 unspecified atom stereocenters. The quantitative estimate of drug-likeness (QED) is 0.399. The van der Waals surface area contributed by atoms with Crippen LogP contribution >= 0.6 is 11.3 Å². The molecule has 0 spiro atoms. The fraction of sp³-hybridized carbons (Fsp3) is 0.174. The number of ether oxygens (including phenoxy) is 2. The number of para-hydroxylation sites is 1. The number of benzene rings is 2. The number of nitrogens with zero attached hydrogens (tertiary/aromatic N) is 2. The number of methoxy groups -OCH3 is 2. The van der Waals surface area contributed by atoms with Crippen molar-refractivity contribution in [3.05, 3.63) is 94.5 Å². The molecular weight excluding hydrogens is 400 g/mol. The zero-order chi connectivity index (χ0) is 21.5. The van der Waals surface area contributed by atoms with Crippen molar-refractivity contribution in [3.63, 3.8) is 0 Å². The van der Waals surface area contributed by atoms with E-state index in [1.807, 2.05) is 42.5 Å². The Morgan fingerprint density at radius 3 is 2.50 bits per heavy atom. The van der Waals surface area contributed by atoms with Crippen molar-refractivity contribution in [1.82, 2.24) is 9.88 Å². The monoisotopic (exact) mass is 422 g/mol. The number of carbonyl (C=O) groups excluding carboxylic acids is 2. The molecule has 0 aliphatic rings. The highest BCUT2D eigenvalue weighted by molar-refractivity contribution is 7.10. The molecule has 30 heavy (non-hydrogen) atoms. The highest BCUT2D eigenvalue weighted by atomic mass is 32.1. The molecule has 0 aliphatic carbocycles. The van der Waals surface area contributed by atoms with Gasteiger partial charge in [0.05, 0.1) is 14.2 Å². The molecule has 2 aromatic carbocycles. The van der Waals surface area contributed by atoms with Crippen molar-refractivity contribution < 1.29 is 19.1 Å². The minimum atomic E-state index is -0.574. The van der Waals surface area contributed by atoms with Crippen LogP contribution in [0.15, 0.2) is 72.6 Å². The van der Waals surface area contributed by atoms with Gasteiger partial charge in [-0.3, -0.25) is 4.79 Å². The van der Waals surface area contributed by atoms with Gasteiger partial charge in [0.2, 0.25) is 0 Å². The van der Waals surface area contributed by atoms with Crippen molar-refractivity contribution in [2.75, 3.05) is 20.8 Å². The maximum Gasteiger partial charge on any atom is 0.357 e. The average molecular weight is 423 g/mol. The lowest BCUT2D eigenvalue weighted by atomic mass is 10.0. The van der Waals surface area contributed by atoms with Gasteiger partial charge in [-0.2, -0.15) is 0 Å². The van der Waals surface area contributed by atoms with Crippen LogP contribution in [0.3, 0.4) is 0 Å². The van der Waals surface area contributed by atoms with Gasteiger partial charge in [-0.05, 0) is 18.2 Å². The molecule has 3 rings (SSSR count). The van der Waals surface area contributed by atoms with Gasteiger partial charge in [0.1, 0.15) is 16.8 Å². The minimum absolute atomic E-state index is 0.179. The fourth-order valence-electron chi connectivity index (χ4n) is 3.13. The van der Waals surface area contributed by atoms with E-state index in [-0.39, 0.29) is 18.1 Å². The molecule has 1 aromatic heterocycles. The van der Waals surface area contributed by atoms with E-state index in [0.29, 0.717) is 16.3 Å². The van der Waals surface area contributed by atoms with E-state index >= 15 is 0 Å². The Kier molecular flexibility index (Phi) is 6.98. The van der Waals surface area contributed by atoms with Gasteiger partial charge in [0, 0.05) is 23.1 Å². The Morgan fingerprint density at radius 1 is 1.13 bits per heavy atom. The molecular formula is C23H22N2O4S. The van der Waals surface area contributed by atoms with E-state index in [1.165, 1.54) is 18.4 Å². The lowest BCUT2D eigenvalue weighted by molar-refractivity contribution is 0.0594. The number of aromatic nitrogens is 1. The lowest BCUT2D eigenvalue weighted by Gasteiger charge is -2.31. The first-order valence-corrected chi connectivity index (χ1v) is 10.1. The topological polar surface area (TPSA) is 68.7 Å². The SMILES string of the molecule is C=CCN(C(=O)c1ccccc1)C(c1nc(C(=O)OC)cs1)c1ccccc1OC. The van der Waals surface area contributed by atoms with E-state index < -0.39 is 12.0 Å². The van der Waals surface area contributed by atoms with Crippen LogP contribution < -0.4 is 4.74 Å². The summed E-state index contributed by atoms with van der Waals surface area (Å²) in [6.45, 7) is 4.10. The van der Waals surface area contributed by atoms with E-state index in [0.717, 1.165) is 5.56 Å². The standard InChI is InChI=1S/C23H22N2O4S/c1-4-14-25(22(26)16-10-6-5-7-11-16)20(17-12-8-9-13-19(17)28-2)21-24-18(15-30-21)23(27)29-3/h4-13,15,20H,1,14H2,2-3H3. The third kappa shape index (κ3) is 4.41. The third-order valence-electron chi connectivity index (χ3n) is 4.50.